The van der Waals surface area contributed by atoms with E-state index in [4.69, 9.17) is 32.4 Å². The van der Waals surface area contributed by atoms with Gasteiger partial charge in [-0.25, -0.2) is 8.42 Å². The van der Waals surface area contributed by atoms with Crippen LogP contribution in [0.2, 0.25) is 10.0 Å². The molecule has 3 aromatic carbocycles. The molecule has 4 aromatic rings. The predicted molar refractivity (Wildman–Crippen MR) is 153 cm³/mol. The van der Waals surface area contributed by atoms with E-state index in [1.807, 2.05) is 6.07 Å². The van der Waals surface area contributed by atoms with Crippen molar-refractivity contribution in [1.29, 1.82) is 5.26 Å². The van der Waals surface area contributed by atoms with Crippen molar-refractivity contribution in [2.45, 2.75) is 18.0 Å². The molecule has 0 radical (unpaired) electrons. The Morgan fingerprint density at radius 1 is 0.950 bits per heavy atom. The lowest BCUT2D eigenvalue weighted by Gasteiger charge is -2.21. The minimum atomic E-state index is -3.96. The first-order chi connectivity index (χ1) is 19.2. The van der Waals surface area contributed by atoms with Crippen molar-refractivity contribution >= 4 is 50.9 Å². The van der Waals surface area contributed by atoms with Crippen LogP contribution in [0.4, 0.5) is 5.69 Å². The van der Waals surface area contributed by atoms with Crippen LogP contribution >= 0.6 is 23.2 Å². The van der Waals surface area contributed by atoms with Gasteiger partial charge >= 0.3 is 0 Å². The number of halogens is 2. The fourth-order valence-electron chi connectivity index (χ4n) is 3.67. The molecule has 0 aliphatic rings. The van der Waals surface area contributed by atoms with E-state index in [-0.39, 0.29) is 29.3 Å². The molecule has 0 aliphatic heterocycles. The fourth-order valence-corrected chi connectivity index (χ4v) is 5.32. The Hall–Kier alpha value is -4.07. The highest BCUT2D eigenvalue weighted by atomic mass is 35.5. The van der Waals surface area contributed by atoms with Crippen LogP contribution in [-0.4, -0.2) is 25.7 Å². The number of methoxy groups -OCH3 is 1. The Morgan fingerprint density at radius 3 is 2.17 bits per heavy atom. The van der Waals surface area contributed by atoms with Crippen LogP contribution in [0.1, 0.15) is 17.1 Å². The Balaban J connectivity index is 1.56. The molecule has 204 valence electrons. The number of nitrogens with zero attached hydrogens (tertiary/aromatic N) is 2. The zero-order valence-electron chi connectivity index (χ0n) is 21.2. The van der Waals surface area contributed by atoms with Crippen molar-refractivity contribution in [2.75, 3.05) is 12.4 Å². The third kappa shape index (κ3) is 7.31. The molecule has 0 unspecified atom stereocenters. The van der Waals surface area contributed by atoms with E-state index in [2.05, 4.69) is 5.32 Å². The normalized spacial score (nSPS) is 11.7. The van der Waals surface area contributed by atoms with Crippen LogP contribution in [-0.2, 0) is 27.9 Å². The predicted octanol–water partition coefficient (Wildman–Crippen LogP) is 6.53. The number of ether oxygens (including phenoxy) is 1. The van der Waals surface area contributed by atoms with Crippen molar-refractivity contribution in [3.05, 3.63) is 118 Å². The number of hydrogen-bond acceptors (Lipinski definition) is 6. The summed E-state index contributed by atoms with van der Waals surface area (Å²) in [4.78, 5) is 12.7. The average molecular weight is 596 g/mol. The Kier molecular flexibility index (Phi) is 9.30. The molecular formula is C29H23Cl2N3O5S. The molecular weight excluding hydrogens is 573 g/mol. The standard InChI is InChI=1S/C29H23Cl2N3O5S/c1-38-25-10-8-24(9-11-25)33-29(35)21(17-32)16-26-12-13-27(39-26)19-34(18-20-2-4-22(30)5-3-20)40(36,37)28-14-6-23(31)7-15-28/h2-16H,18-19H2,1H3,(H,33,35)/b21-16-. The van der Waals surface area contributed by atoms with Crippen LogP contribution in [0.3, 0.4) is 0 Å². The maximum atomic E-state index is 13.6. The monoisotopic (exact) mass is 595 g/mol. The van der Waals surface area contributed by atoms with Crippen molar-refractivity contribution in [1.82, 2.24) is 4.31 Å². The Bertz CT molecular complexity index is 1660. The average Bonchev–Trinajstić information content (AvgIpc) is 3.40. The lowest BCUT2D eigenvalue weighted by atomic mass is 10.2. The number of carbonyl (C=O) groups is 1. The summed E-state index contributed by atoms with van der Waals surface area (Å²) in [6, 6.07) is 24.4. The molecule has 1 N–H and O–H groups in total. The van der Waals surface area contributed by atoms with Gasteiger partial charge in [0.25, 0.3) is 5.91 Å². The molecule has 40 heavy (non-hydrogen) atoms. The first kappa shape index (κ1) is 28.9. The van der Waals surface area contributed by atoms with Crippen LogP contribution in [0.5, 0.6) is 5.75 Å². The highest BCUT2D eigenvalue weighted by Gasteiger charge is 2.26. The molecule has 1 aromatic heterocycles. The van der Waals surface area contributed by atoms with Gasteiger partial charge in [0.05, 0.1) is 18.6 Å². The minimum absolute atomic E-state index is 0.0434. The second kappa shape index (κ2) is 12.9. The molecule has 0 saturated carbocycles. The summed E-state index contributed by atoms with van der Waals surface area (Å²) in [5, 5.41) is 13.1. The highest BCUT2D eigenvalue weighted by Crippen LogP contribution is 2.25. The van der Waals surface area contributed by atoms with Crippen molar-refractivity contribution in [3.63, 3.8) is 0 Å². The van der Waals surface area contributed by atoms with E-state index in [9.17, 15) is 18.5 Å². The van der Waals surface area contributed by atoms with Crippen LogP contribution in [0.15, 0.2) is 99.8 Å². The van der Waals surface area contributed by atoms with Gasteiger partial charge in [0.2, 0.25) is 10.0 Å². The Morgan fingerprint density at radius 2 is 1.57 bits per heavy atom. The number of nitrogens with one attached hydrogen (secondary N) is 1. The van der Waals surface area contributed by atoms with Gasteiger partial charge in [-0.05, 0) is 78.4 Å². The third-order valence-corrected chi connectivity index (χ3v) is 8.05. The van der Waals surface area contributed by atoms with Crippen molar-refractivity contribution in [3.8, 4) is 11.8 Å². The van der Waals surface area contributed by atoms with Crippen LogP contribution in [0.25, 0.3) is 6.08 Å². The van der Waals surface area contributed by atoms with E-state index in [0.29, 0.717) is 27.2 Å². The smallest absolute Gasteiger partial charge is 0.266 e. The lowest BCUT2D eigenvalue weighted by molar-refractivity contribution is -0.112. The lowest BCUT2D eigenvalue weighted by Crippen LogP contribution is -2.30. The number of nitriles is 1. The molecule has 0 atom stereocenters. The summed E-state index contributed by atoms with van der Waals surface area (Å²) in [6.45, 7) is -0.0664. The number of carbonyl (C=O) groups excluding carboxylic acids is 1. The van der Waals surface area contributed by atoms with E-state index < -0.39 is 15.9 Å². The summed E-state index contributed by atoms with van der Waals surface area (Å²) in [6.07, 6.45) is 1.29. The topological polar surface area (TPSA) is 113 Å². The van der Waals surface area contributed by atoms with E-state index >= 15 is 0 Å². The molecule has 1 heterocycles. The maximum Gasteiger partial charge on any atom is 0.266 e. The fraction of sp³-hybridized carbons (Fsp3) is 0.103. The SMILES string of the molecule is COc1ccc(NC(=O)/C(C#N)=C\c2ccc(CN(Cc3ccc(Cl)cc3)S(=O)(=O)c3ccc(Cl)cc3)o2)cc1. The molecule has 11 heteroatoms. The second-order valence-corrected chi connectivity index (χ2v) is 11.3. The van der Waals surface area contributed by atoms with Gasteiger partial charge in [-0.3, -0.25) is 4.79 Å². The first-order valence-electron chi connectivity index (χ1n) is 11.8. The minimum Gasteiger partial charge on any atom is -0.497 e. The van der Waals surface area contributed by atoms with Gasteiger partial charge in [-0.1, -0.05) is 35.3 Å². The summed E-state index contributed by atoms with van der Waals surface area (Å²) in [5.74, 6) is 0.526. The van der Waals surface area contributed by atoms with Gasteiger partial charge in [0, 0.05) is 28.4 Å². The maximum absolute atomic E-state index is 13.6. The molecule has 1 amide bonds. The number of hydrogen-bond donors (Lipinski definition) is 1. The number of amides is 1. The summed E-state index contributed by atoms with van der Waals surface area (Å²) >= 11 is 11.9. The van der Waals surface area contributed by atoms with E-state index in [1.54, 1.807) is 60.7 Å². The highest BCUT2D eigenvalue weighted by molar-refractivity contribution is 7.89. The third-order valence-electron chi connectivity index (χ3n) is 5.74. The largest absolute Gasteiger partial charge is 0.497 e. The van der Waals surface area contributed by atoms with Crippen LogP contribution < -0.4 is 10.1 Å². The van der Waals surface area contributed by atoms with Gasteiger partial charge in [0.15, 0.2) is 0 Å². The molecule has 0 spiro atoms. The summed E-state index contributed by atoms with van der Waals surface area (Å²) < 4.78 is 39.3. The second-order valence-electron chi connectivity index (χ2n) is 8.51. The molecule has 0 saturated heterocycles. The zero-order valence-corrected chi connectivity index (χ0v) is 23.5. The first-order valence-corrected chi connectivity index (χ1v) is 14.0. The van der Waals surface area contributed by atoms with Crippen molar-refractivity contribution < 1.29 is 22.4 Å². The number of anilines is 1. The molecule has 0 fully saturated rings. The Labute approximate surface area is 242 Å². The van der Waals surface area contributed by atoms with Gasteiger partial charge in [0.1, 0.15) is 28.9 Å². The van der Waals surface area contributed by atoms with Gasteiger partial charge in [-0.2, -0.15) is 9.57 Å². The quantitative estimate of drug-likeness (QED) is 0.165. The summed E-state index contributed by atoms with van der Waals surface area (Å²) in [5.41, 5.74) is 1.01. The van der Waals surface area contributed by atoms with Crippen LogP contribution in [0, 0.1) is 11.3 Å². The number of sulfonamides is 1. The van der Waals surface area contributed by atoms with Crippen molar-refractivity contribution in [2.24, 2.45) is 0 Å². The molecule has 8 nitrogen and oxygen atoms in total. The number of rotatable bonds is 10. The number of benzene rings is 3. The van der Waals surface area contributed by atoms with E-state index in [1.165, 1.54) is 41.8 Å². The summed E-state index contributed by atoms with van der Waals surface area (Å²) in [7, 11) is -2.42. The van der Waals surface area contributed by atoms with Gasteiger partial charge < -0.3 is 14.5 Å². The van der Waals surface area contributed by atoms with Gasteiger partial charge in [-0.15, -0.1) is 0 Å². The van der Waals surface area contributed by atoms with E-state index in [0.717, 1.165) is 5.56 Å². The molecule has 0 aliphatic carbocycles. The molecule has 4 rings (SSSR count). The molecule has 0 bridgehead atoms. The number of furan rings is 1. The zero-order chi connectivity index (χ0) is 28.7.